The van der Waals surface area contributed by atoms with Gasteiger partial charge in [0.25, 0.3) is 5.91 Å². The molecule has 0 spiro atoms. The van der Waals surface area contributed by atoms with Gasteiger partial charge in [-0.3, -0.25) is 19.9 Å². The normalized spacial score (nSPS) is 11.3. The van der Waals surface area contributed by atoms with Gasteiger partial charge in [0.1, 0.15) is 17.6 Å². The molecule has 0 bridgehead atoms. The molecular weight excluding hydrogens is 399 g/mol. The molecule has 30 heavy (non-hydrogen) atoms. The van der Waals surface area contributed by atoms with Crippen LogP contribution in [-0.2, 0) is 11.3 Å². The number of benzene rings is 1. The molecule has 10 nitrogen and oxygen atoms in total. The van der Waals surface area contributed by atoms with Crippen LogP contribution in [0.1, 0.15) is 16.8 Å². The van der Waals surface area contributed by atoms with Gasteiger partial charge in [0.2, 0.25) is 5.75 Å². The fraction of sp³-hybridized carbons (Fsp3) is 0.211. The van der Waals surface area contributed by atoms with Crippen LogP contribution in [0.3, 0.4) is 0 Å². The second-order valence-electron chi connectivity index (χ2n) is 6.22. The molecule has 0 aliphatic rings. The van der Waals surface area contributed by atoms with E-state index in [1.54, 1.807) is 13.0 Å². The number of carbonyl (C=O) groups is 1. The molecule has 0 aliphatic heterocycles. The van der Waals surface area contributed by atoms with Gasteiger partial charge in [0.05, 0.1) is 18.2 Å². The van der Waals surface area contributed by atoms with Gasteiger partial charge in [-0.25, -0.2) is 4.39 Å². The van der Waals surface area contributed by atoms with Gasteiger partial charge in [0.15, 0.2) is 11.3 Å². The highest BCUT2D eigenvalue weighted by Gasteiger charge is 2.26. The number of likely N-dealkylation sites (N-methyl/N-ethyl adjacent to an activating group) is 1. The Kier molecular flexibility index (Phi) is 6.53. The summed E-state index contributed by atoms with van der Waals surface area (Å²) in [7, 11) is 2.43. The van der Waals surface area contributed by atoms with Crippen LogP contribution < -0.4 is 4.74 Å². The van der Waals surface area contributed by atoms with Crippen molar-refractivity contribution in [1.82, 2.24) is 9.88 Å². The third kappa shape index (κ3) is 4.44. The average molecular weight is 416 g/mol. The van der Waals surface area contributed by atoms with Crippen LogP contribution in [0.5, 0.6) is 11.5 Å². The lowest BCUT2D eigenvalue weighted by molar-refractivity contribution is -0.386. The number of rotatable bonds is 6. The fourth-order valence-electron chi connectivity index (χ4n) is 2.61. The van der Waals surface area contributed by atoms with E-state index in [0.29, 0.717) is 5.69 Å². The van der Waals surface area contributed by atoms with Crippen LogP contribution in [0, 0.1) is 34.2 Å². The molecule has 0 unspecified atom stereocenters. The van der Waals surface area contributed by atoms with Crippen molar-refractivity contribution >= 4 is 17.4 Å². The van der Waals surface area contributed by atoms with Crippen LogP contribution in [0.15, 0.2) is 30.0 Å². The van der Waals surface area contributed by atoms with Crippen molar-refractivity contribution in [1.29, 1.82) is 5.26 Å². The lowest BCUT2D eigenvalue weighted by atomic mass is 10.1. The molecule has 1 amide bonds. The van der Waals surface area contributed by atoms with E-state index in [2.05, 4.69) is 4.98 Å². The first-order valence-electron chi connectivity index (χ1n) is 8.36. The van der Waals surface area contributed by atoms with E-state index in [1.807, 2.05) is 0 Å². The van der Waals surface area contributed by atoms with Crippen molar-refractivity contribution in [2.75, 3.05) is 14.2 Å². The number of halogens is 1. The zero-order chi connectivity index (χ0) is 22.6. The van der Waals surface area contributed by atoms with E-state index in [0.717, 1.165) is 30.3 Å². The van der Waals surface area contributed by atoms with Crippen LogP contribution in [-0.4, -0.2) is 45.1 Å². The second kappa shape index (κ2) is 8.87. The molecule has 2 aromatic rings. The van der Waals surface area contributed by atoms with Crippen molar-refractivity contribution in [2.24, 2.45) is 0 Å². The number of nitro groups is 1. The van der Waals surface area contributed by atoms with Crippen LogP contribution in [0.25, 0.3) is 5.76 Å². The van der Waals surface area contributed by atoms with Gasteiger partial charge in [-0.05, 0) is 19.1 Å². The van der Waals surface area contributed by atoms with Crippen LogP contribution in [0.2, 0.25) is 0 Å². The number of aliphatic hydroxyl groups is 1. The van der Waals surface area contributed by atoms with Gasteiger partial charge >= 0.3 is 5.69 Å². The number of aryl methyl sites for hydroxylation is 1. The summed E-state index contributed by atoms with van der Waals surface area (Å²) in [5.74, 6) is -3.56. The Balaban J connectivity index is 2.47. The molecular formula is C19H17FN4O6. The molecule has 0 saturated heterocycles. The monoisotopic (exact) mass is 416 g/mol. The molecule has 11 heteroatoms. The largest absolute Gasteiger partial charge is 0.506 e. The van der Waals surface area contributed by atoms with Crippen molar-refractivity contribution in [3.05, 3.63) is 62.7 Å². The van der Waals surface area contributed by atoms with E-state index in [-0.39, 0.29) is 23.4 Å². The minimum Gasteiger partial charge on any atom is -0.506 e. The molecule has 1 aromatic heterocycles. The number of nitro benzene ring substituents is 1. The molecule has 156 valence electrons. The Bertz CT molecular complexity index is 1090. The Labute approximate surface area is 170 Å². The van der Waals surface area contributed by atoms with Crippen LogP contribution >= 0.6 is 0 Å². The number of carbonyl (C=O) groups excluding carboxylic acids is 1. The summed E-state index contributed by atoms with van der Waals surface area (Å²) in [6.07, 6.45) is 1.00. The Morgan fingerprint density at radius 1 is 1.43 bits per heavy atom. The Morgan fingerprint density at radius 2 is 2.10 bits per heavy atom. The average Bonchev–Trinajstić information content (AvgIpc) is 2.70. The molecule has 2 rings (SSSR count). The number of methoxy groups -OCH3 is 1. The fourth-order valence-corrected chi connectivity index (χ4v) is 2.61. The smallest absolute Gasteiger partial charge is 0.315 e. The Hall–Kier alpha value is -4.20. The van der Waals surface area contributed by atoms with Gasteiger partial charge in [-0.2, -0.15) is 5.26 Å². The van der Waals surface area contributed by atoms with Gasteiger partial charge < -0.3 is 19.8 Å². The van der Waals surface area contributed by atoms with Crippen LogP contribution in [0.4, 0.5) is 10.1 Å². The molecule has 0 atom stereocenters. The number of nitriles is 1. The van der Waals surface area contributed by atoms with Crippen molar-refractivity contribution in [2.45, 2.75) is 13.5 Å². The van der Waals surface area contributed by atoms with Crippen molar-refractivity contribution in [3.8, 4) is 17.6 Å². The zero-order valence-electron chi connectivity index (χ0n) is 16.2. The summed E-state index contributed by atoms with van der Waals surface area (Å²) in [6.45, 7) is 1.42. The number of nitrogens with zero attached hydrogens (tertiary/aromatic N) is 4. The number of hydrogen-bond donors (Lipinski definition) is 2. The summed E-state index contributed by atoms with van der Waals surface area (Å²) >= 11 is 0. The lowest BCUT2D eigenvalue weighted by Gasteiger charge is -2.18. The number of phenolic OH excluding ortho intramolecular Hbond substituents is 1. The number of hydrogen-bond acceptors (Lipinski definition) is 8. The van der Waals surface area contributed by atoms with Gasteiger partial charge in [0, 0.05) is 36.5 Å². The summed E-state index contributed by atoms with van der Waals surface area (Å²) in [5, 5.41) is 40.8. The molecule has 2 N–H and O–H groups in total. The lowest BCUT2D eigenvalue weighted by Crippen LogP contribution is -2.28. The first kappa shape index (κ1) is 22.1. The third-order valence-electron chi connectivity index (χ3n) is 4.13. The maximum atomic E-state index is 13.9. The van der Waals surface area contributed by atoms with E-state index in [4.69, 9.17) is 4.74 Å². The number of aliphatic hydroxyl groups excluding tert-OH is 1. The van der Waals surface area contributed by atoms with Crippen molar-refractivity contribution in [3.63, 3.8) is 0 Å². The van der Waals surface area contributed by atoms with E-state index in [9.17, 15) is 34.8 Å². The third-order valence-corrected chi connectivity index (χ3v) is 4.13. The van der Waals surface area contributed by atoms with E-state index < -0.39 is 39.4 Å². The molecule has 0 aliphatic carbocycles. The Morgan fingerprint density at radius 3 is 2.67 bits per heavy atom. The predicted octanol–water partition coefficient (Wildman–Crippen LogP) is 2.60. The maximum absolute atomic E-state index is 13.9. The summed E-state index contributed by atoms with van der Waals surface area (Å²) in [6, 6.07) is 4.82. The minimum absolute atomic E-state index is 0.150. The first-order valence-corrected chi connectivity index (χ1v) is 8.36. The predicted molar refractivity (Wildman–Crippen MR) is 102 cm³/mol. The number of pyridine rings is 1. The van der Waals surface area contributed by atoms with Crippen molar-refractivity contribution < 1.29 is 29.1 Å². The quantitative estimate of drug-likeness (QED) is 0.240. The van der Waals surface area contributed by atoms with Gasteiger partial charge in [-0.1, -0.05) is 0 Å². The molecule has 0 fully saturated rings. The molecule has 1 aromatic carbocycles. The maximum Gasteiger partial charge on any atom is 0.315 e. The number of ether oxygens (including phenoxy) is 1. The number of aromatic nitrogens is 1. The summed E-state index contributed by atoms with van der Waals surface area (Å²) < 4.78 is 18.8. The van der Waals surface area contributed by atoms with E-state index in [1.165, 1.54) is 13.1 Å². The van der Waals surface area contributed by atoms with Gasteiger partial charge in [-0.15, -0.1) is 0 Å². The highest BCUT2D eigenvalue weighted by atomic mass is 19.1. The number of aromatic hydroxyl groups is 1. The SMILES string of the molecule is COc1cc(/C(O)=C(\C#N)C(=O)N(C)Cc2cc(C)ncc2F)cc([N+](=O)[O-])c1O. The summed E-state index contributed by atoms with van der Waals surface area (Å²) in [5.41, 5.74) is -1.14. The van der Waals surface area contributed by atoms with E-state index >= 15 is 0 Å². The standard InChI is InChI=1S/C19H17FN4O6/c1-10-4-12(14(20)8-22-10)9-23(2)19(27)13(7-21)17(25)11-5-15(24(28)29)18(26)16(6-11)30-3/h4-6,8,25-26H,9H2,1-3H3/b17-13-. The molecule has 0 radical (unpaired) electrons. The highest BCUT2D eigenvalue weighted by Crippen LogP contribution is 2.38. The topological polar surface area (TPSA) is 150 Å². The molecule has 1 heterocycles. The number of amides is 1. The first-order chi connectivity index (χ1) is 14.1. The minimum atomic E-state index is -0.946. The zero-order valence-corrected chi connectivity index (χ0v) is 16.2. The highest BCUT2D eigenvalue weighted by molar-refractivity contribution is 6.03. The molecule has 0 saturated carbocycles. The summed E-state index contributed by atoms with van der Waals surface area (Å²) in [4.78, 5) is 27.7. The second-order valence-corrected chi connectivity index (χ2v) is 6.22. The number of phenols is 1.